The largest absolute Gasteiger partial charge is 0.460 e. The van der Waals surface area contributed by atoms with Crippen molar-refractivity contribution in [2.24, 2.45) is 0 Å². The summed E-state index contributed by atoms with van der Waals surface area (Å²) >= 11 is 0. The molecule has 0 radical (unpaired) electrons. The number of nitrogens with one attached hydrogen (secondary N) is 1. The third-order valence-electron chi connectivity index (χ3n) is 6.77. The fraction of sp³-hybridized carbons (Fsp3) is 0.346. The number of carbonyl (C=O) groups is 2. The third-order valence-corrected chi connectivity index (χ3v) is 6.77. The number of β-amino-alcohol motifs (C(OH)–C–C–N with tert-alkyl or cyclic N) is 1. The van der Waals surface area contributed by atoms with E-state index in [1.54, 1.807) is 48.8 Å². The fourth-order valence-corrected chi connectivity index (χ4v) is 4.84. The van der Waals surface area contributed by atoms with Crippen LogP contribution in [0.5, 0.6) is 11.5 Å². The molecular formula is C26H28N4O5. The van der Waals surface area contributed by atoms with Crippen molar-refractivity contribution in [2.45, 2.75) is 39.7 Å². The molecule has 4 heterocycles. The van der Waals surface area contributed by atoms with Crippen LogP contribution in [0.2, 0.25) is 0 Å². The van der Waals surface area contributed by atoms with Gasteiger partial charge in [-0.1, -0.05) is 0 Å². The summed E-state index contributed by atoms with van der Waals surface area (Å²) in [5.41, 5.74) is 2.95. The molecule has 4 aromatic rings. The van der Waals surface area contributed by atoms with E-state index in [2.05, 4.69) is 10.4 Å². The topological polar surface area (TPSA) is 109 Å². The zero-order valence-electron chi connectivity index (χ0n) is 20.4. The molecule has 9 heteroatoms. The van der Waals surface area contributed by atoms with Crippen LogP contribution < -0.4 is 10.1 Å². The maximum atomic E-state index is 13.2. The molecule has 2 N–H and O–H groups in total. The number of likely N-dealkylation sites (tertiary alicyclic amines) is 1. The standard InChI is InChI=1S/C26H28N4O5/c1-14-18(25(32)29-11-9-26(4,33)13-29)12-30-22(14)20(8-10-28-30)35-19-7-6-17-21(24(31)27-5)16(3)34-23(17)15(19)2/h6-8,10,12,33H,9,11,13H2,1-5H3,(H,27,31)/t26-/m1/s1. The quantitative estimate of drug-likeness (QED) is 0.464. The molecule has 1 saturated heterocycles. The number of amides is 2. The van der Waals surface area contributed by atoms with Crippen molar-refractivity contribution in [3.05, 3.63) is 58.6 Å². The average Bonchev–Trinajstić information content (AvgIpc) is 3.47. The van der Waals surface area contributed by atoms with Crippen molar-refractivity contribution in [2.75, 3.05) is 20.1 Å². The molecule has 0 unspecified atom stereocenters. The number of ether oxygens (including phenoxy) is 1. The Kier molecular flexibility index (Phi) is 5.32. The lowest BCUT2D eigenvalue weighted by Crippen LogP contribution is -2.34. The lowest BCUT2D eigenvalue weighted by molar-refractivity contribution is 0.0572. The minimum absolute atomic E-state index is 0.137. The Labute approximate surface area is 202 Å². The van der Waals surface area contributed by atoms with Crippen molar-refractivity contribution >= 4 is 28.3 Å². The van der Waals surface area contributed by atoms with Gasteiger partial charge in [-0.2, -0.15) is 5.10 Å². The highest BCUT2D eigenvalue weighted by atomic mass is 16.5. The second kappa shape index (κ2) is 8.13. The minimum Gasteiger partial charge on any atom is -0.460 e. The Bertz CT molecular complexity index is 1500. The van der Waals surface area contributed by atoms with Crippen LogP contribution in [0.15, 0.2) is 35.0 Å². The molecule has 35 heavy (non-hydrogen) atoms. The summed E-state index contributed by atoms with van der Waals surface area (Å²) in [6, 6.07) is 5.38. The molecule has 2 amide bonds. The number of rotatable bonds is 4. The van der Waals surface area contributed by atoms with E-state index >= 15 is 0 Å². The molecule has 1 aromatic carbocycles. The van der Waals surface area contributed by atoms with Gasteiger partial charge in [-0.25, -0.2) is 4.52 Å². The van der Waals surface area contributed by atoms with Gasteiger partial charge >= 0.3 is 0 Å². The number of nitrogens with zero attached hydrogens (tertiary/aromatic N) is 3. The van der Waals surface area contributed by atoms with Gasteiger partial charge in [0, 0.05) is 43.4 Å². The van der Waals surface area contributed by atoms with E-state index in [-0.39, 0.29) is 11.8 Å². The number of furan rings is 1. The van der Waals surface area contributed by atoms with E-state index in [1.165, 1.54) is 0 Å². The van der Waals surface area contributed by atoms with Crippen LogP contribution in [-0.2, 0) is 0 Å². The smallest absolute Gasteiger partial charge is 0.255 e. The number of carbonyl (C=O) groups excluding carboxylic acids is 2. The molecule has 1 aliphatic heterocycles. The van der Waals surface area contributed by atoms with E-state index in [4.69, 9.17) is 9.15 Å². The number of benzene rings is 1. The zero-order valence-corrected chi connectivity index (χ0v) is 20.4. The summed E-state index contributed by atoms with van der Waals surface area (Å²) < 4.78 is 13.9. The predicted octanol–water partition coefficient (Wildman–Crippen LogP) is 3.75. The van der Waals surface area contributed by atoms with Gasteiger partial charge in [0.1, 0.15) is 22.6 Å². The van der Waals surface area contributed by atoms with Crippen LogP contribution in [-0.4, -0.2) is 57.2 Å². The van der Waals surface area contributed by atoms with Crippen LogP contribution in [0.1, 0.15) is 50.9 Å². The van der Waals surface area contributed by atoms with E-state index in [9.17, 15) is 14.7 Å². The Morgan fingerprint density at radius 1 is 1.17 bits per heavy atom. The summed E-state index contributed by atoms with van der Waals surface area (Å²) in [4.78, 5) is 27.2. The average molecular weight is 477 g/mol. The highest BCUT2D eigenvalue weighted by molar-refractivity contribution is 6.08. The lowest BCUT2D eigenvalue weighted by atomic mass is 10.1. The number of fused-ring (bicyclic) bond motifs is 2. The number of aromatic nitrogens is 2. The first kappa shape index (κ1) is 22.9. The van der Waals surface area contributed by atoms with Gasteiger partial charge in [0.2, 0.25) is 0 Å². The molecule has 0 spiro atoms. The molecule has 1 atom stereocenters. The van der Waals surface area contributed by atoms with E-state index in [0.29, 0.717) is 59.0 Å². The molecule has 3 aromatic heterocycles. The van der Waals surface area contributed by atoms with Gasteiger partial charge in [0.05, 0.1) is 22.9 Å². The Balaban J connectivity index is 1.53. The molecular weight excluding hydrogens is 448 g/mol. The molecule has 1 aliphatic rings. The Hall–Kier alpha value is -3.85. The van der Waals surface area contributed by atoms with Crippen LogP contribution >= 0.6 is 0 Å². The summed E-state index contributed by atoms with van der Waals surface area (Å²) in [6.45, 7) is 8.06. The summed E-state index contributed by atoms with van der Waals surface area (Å²) in [5.74, 6) is 1.32. The van der Waals surface area contributed by atoms with Gasteiger partial charge in [-0.3, -0.25) is 9.59 Å². The lowest BCUT2D eigenvalue weighted by Gasteiger charge is -2.18. The van der Waals surface area contributed by atoms with Crippen LogP contribution in [0.4, 0.5) is 0 Å². The SMILES string of the molecule is CNC(=O)c1c(C)oc2c(C)c(Oc3ccnn4cc(C(=O)N5CC[C@@](C)(O)C5)c(C)c34)ccc12. The number of hydrogen-bond acceptors (Lipinski definition) is 6. The van der Waals surface area contributed by atoms with Crippen LogP contribution in [0.3, 0.4) is 0 Å². The normalized spacial score (nSPS) is 17.9. The van der Waals surface area contributed by atoms with Gasteiger partial charge in [0.15, 0.2) is 5.75 Å². The molecule has 182 valence electrons. The second-order valence-corrected chi connectivity index (χ2v) is 9.41. The number of aliphatic hydroxyl groups is 1. The highest BCUT2D eigenvalue weighted by Crippen LogP contribution is 2.37. The number of hydrogen-bond donors (Lipinski definition) is 2. The Morgan fingerprint density at radius 3 is 2.63 bits per heavy atom. The first-order valence-corrected chi connectivity index (χ1v) is 11.5. The number of aryl methyl sites for hydroxylation is 3. The van der Waals surface area contributed by atoms with Gasteiger partial charge in [-0.05, 0) is 51.8 Å². The van der Waals surface area contributed by atoms with Crippen molar-refractivity contribution in [3.63, 3.8) is 0 Å². The molecule has 9 nitrogen and oxygen atoms in total. The first-order chi connectivity index (χ1) is 16.6. The van der Waals surface area contributed by atoms with Gasteiger partial charge < -0.3 is 24.5 Å². The van der Waals surface area contributed by atoms with Gasteiger partial charge in [-0.15, -0.1) is 0 Å². The van der Waals surface area contributed by atoms with Crippen molar-refractivity contribution in [1.29, 1.82) is 0 Å². The minimum atomic E-state index is -0.868. The predicted molar refractivity (Wildman–Crippen MR) is 130 cm³/mol. The molecule has 1 fully saturated rings. The first-order valence-electron chi connectivity index (χ1n) is 11.5. The van der Waals surface area contributed by atoms with Crippen molar-refractivity contribution in [1.82, 2.24) is 19.8 Å². The molecule has 0 aliphatic carbocycles. The zero-order chi connectivity index (χ0) is 25.1. The highest BCUT2D eigenvalue weighted by Gasteiger charge is 2.35. The van der Waals surface area contributed by atoms with E-state index in [1.807, 2.05) is 26.0 Å². The van der Waals surface area contributed by atoms with E-state index < -0.39 is 5.60 Å². The van der Waals surface area contributed by atoms with Gasteiger partial charge in [0.25, 0.3) is 11.8 Å². The van der Waals surface area contributed by atoms with E-state index in [0.717, 1.165) is 16.5 Å². The van der Waals surface area contributed by atoms with Crippen LogP contribution in [0, 0.1) is 20.8 Å². The second-order valence-electron chi connectivity index (χ2n) is 9.41. The van der Waals surface area contributed by atoms with Crippen molar-refractivity contribution < 1.29 is 23.8 Å². The monoisotopic (exact) mass is 476 g/mol. The Morgan fingerprint density at radius 2 is 1.94 bits per heavy atom. The molecule has 0 saturated carbocycles. The maximum Gasteiger partial charge on any atom is 0.255 e. The summed E-state index contributed by atoms with van der Waals surface area (Å²) in [6.07, 6.45) is 3.87. The van der Waals surface area contributed by atoms with Crippen LogP contribution in [0.25, 0.3) is 16.5 Å². The fourth-order valence-electron chi connectivity index (χ4n) is 4.84. The third kappa shape index (κ3) is 3.72. The van der Waals surface area contributed by atoms with Crippen molar-refractivity contribution in [3.8, 4) is 11.5 Å². The summed E-state index contributed by atoms with van der Waals surface area (Å²) in [5, 5.41) is 18.0. The molecule has 5 rings (SSSR count). The maximum absolute atomic E-state index is 13.2. The molecule has 0 bridgehead atoms. The summed E-state index contributed by atoms with van der Waals surface area (Å²) in [7, 11) is 1.59.